The van der Waals surface area contributed by atoms with Crippen LogP contribution < -0.4 is 10.9 Å². The largest absolute Gasteiger partial charge is 0.506 e. The van der Waals surface area contributed by atoms with Gasteiger partial charge in [0.15, 0.2) is 5.65 Å². The van der Waals surface area contributed by atoms with Crippen molar-refractivity contribution in [3.63, 3.8) is 0 Å². The van der Waals surface area contributed by atoms with Gasteiger partial charge in [0, 0.05) is 11.9 Å². The first-order chi connectivity index (χ1) is 14.4. The SMILES string of the molecule is Cc1ccc(NC(=O)c2c(O)c3cccnc3n(-c3ccc(F)cc3)c2=O)c(C)c1. The second-order valence-electron chi connectivity index (χ2n) is 6.99. The molecule has 4 aromatic rings. The number of halogens is 1. The first-order valence-corrected chi connectivity index (χ1v) is 9.24. The number of aromatic hydroxyl groups is 1. The smallest absolute Gasteiger partial charge is 0.273 e. The van der Waals surface area contributed by atoms with Gasteiger partial charge in [0.2, 0.25) is 0 Å². The minimum atomic E-state index is -0.757. The zero-order valence-electron chi connectivity index (χ0n) is 16.3. The van der Waals surface area contributed by atoms with Crippen LogP contribution in [0.4, 0.5) is 10.1 Å². The van der Waals surface area contributed by atoms with Crippen LogP contribution in [0.5, 0.6) is 5.75 Å². The first-order valence-electron chi connectivity index (χ1n) is 9.24. The molecular weight excluding hydrogens is 385 g/mol. The van der Waals surface area contributed by atoms with Crippen molar-refractivity contribution in [3.05, 3.63) is 93.7 Å². The molecule has 2 aromatic carbocycles. The summed E-state index contributed by atoms with van der Waals surface area (Å²) in [6.45, 7) is 3.77. The van der Waals surface area contributed by atoms with Crippen LogP contribution in [0.1, 0.15) is 21.5 Å². The summed E-state index contributed by atoms with van der Waals surface area (Å²) in [4.78, 5) is 30.5. The number of carbonyl (C=O) groups excluding carboxylic acids is 1. The lowest BCUT2D eigenvalue weighted by Gasteiger charge is -2.15. The van der Waals surface area contributed by atoms with Gasteiger partial charge in [-0.25, -0.2) is 9.37 Å². The van der Waals surface area contributed by atoms with E-state index in [0.717, 1.165) is 11.1 Å². The van der Waals surface area contributed by atoms with E-state index in [2.05, 4.69) is 10.3 Å². The summed E-state index contributed by atoms with van der Waals surface area (Å²) in [5, 5.41) is 13.7. The van der Waals surface area contributed by atoms with Gasteiger partial charge < -0.3 is 10.4 Å². The number of fused-ring (bicyclic) bond motifs is 1. The van der Waals surface area contributed by atoms with Gasteiger partial charge in [0.1, 0.15) is 17.1 Å². The Hall–Kier alpha value is -4.00. The van der Waals surface area contributed by atoms with Gasteiger partial charge in [-0.1, -0.05) is 17.7 Å². The van der Waals surface area contributed by atoms with Crippen molar-refractivity contribution >= 4 is 22.6 Å². The van der Waals surface area contributed by atoms with Gasteiger partial charge in [0.05, 0.1) is 11.1 Å². The monoisotopic (exact) mass is 403 g/mol. The van der Waals surface area contributed by atoms with Crippen LogP contribution in [-0.2, 0) is 0 Å². The number of carbonyl (C=O) groups is 1. The van der Waals surface area contributed by atoms with Crippen molar-refractivity contribution in [1.82, 2.24) is 9.55 Å². The highest BCUT2D eigenvalue weighted by Gasteiger charge is 2.24. The van der Waals surface area contributed by atoms with Gasteiger partial charge in [-0.05, 0) is 61.9 Å². The van der Waals surface area contributed by atoms with Gasteiger partial charge >= 0.3 is 0 Å². The number of anilines is 1. The van der Waals surface area contributed by atoms with Crippen LogP contribution in [0.25, 0.3) is 16.7 Å². The molecule has 1 amide bonds. The third kappa shape index (κ3) is 3.30. The Kier molecular flexibility index (Phi) is 4.79. The third-order valence-electron chi connectivity index (χ3n) is 4.85. The zero-order chi connectivity index (χ0) is 21.4. The number of hydrogen-bond donors (Lipinski definition) is 2. The second-order valence-corrected chi connectivity index (χ2v) is 6.99. The van der Waals surface area contributed by atoms with Crippen LogP contribution in [0.15, 0.2) is 65.6 Å². The number of rotatable bonds is 3. The average Bonchev–Trinajstić information content (AvgIpc) is 2.72. The Labute approximate surface area is 171 Å². The highest BCUT2D eigenvalue weighted by atomic mass is 19.1. The highest BCUT2D eigenvalue weighted by molar-refractivity contribution is 6.09. The number of hydrogen-bond acceptors (Lipinski definition) is 4. The summed E-state index contributed by atoms with van der Waals surface area (Å²) in [6.07, 6.45) is 1.47. The molecule has 0 saturated heterocycles. The van der Waals surface area contributed by atoms with Crippen molar-refractivity contribution in [2.45, 2.75) is 13.8 Å². The molecule has 0 aliphatic rings. The summed E-state index contributed by atoms with van der Waals surface area (Å²) in [5.41, 5.74) is 1.70. The van der Waals surface area contributed by atoms with E-state index in [1.54, 1.807) is 18.2 Å². The molecule has 6 nitrogen and oxygen atoms in total. The second kappa shape index (κ2) is 7.44. The van der Waals surface area contributed by atoms with E-state index in [0.29, 0.717) is 11.4 Å². The predicted octanol–water partition coefficient (Wildman–Crippen LogP) is 4.10. The van der Waals surface area contributed by atoms with E-state index < -0.39 is 28.6 Å². The molecule has 0 fully saturated rings. The maximum atomic E-state index is 13.4. The van der Waals surface area contributed by atoms with Crippen molar-refractivity contribution in [1.29, 1.82) is 0 Å². The predicted molar refractivity (Wildman–Crippen MR) is 113 cm³/mol. The zero-order valence-corrected chi connectivity index (χ0v) is 16.3. The molecule has 30 heavy (non-hydrogen) atoms. The molecule has 7 heteroatoms. The number of benzene rings is 2. The Balaban J connectivity index is 1.93. The molecule has 0 unspecified atom stereocenters. The number of nitrogens with one attached hydrogen (secondary N) is 1. The molecule has 0 aliphatic carbocycles. The summed E-state index contributed by atoms with van der Waals surface area (Å²) in [5.74, 6) is -1.66. The standard InChI is InChI=1S/C23H18FN3O3/c1-13-5-10-18(14(2)12-13)26-22(29)19-20(28)17-4-3-11-25-21(17)27(23(19)30)16-8-6-15(24)7-9-16/h3-12,28H,1-2H3,(H,26,29). The average molecular weight is 403 g/mol. The van der Waals surface area contributed by atoms with Gasteiger partial charge in [-0.3, -0.25) is 14.2 Å². The molecular formula is C23H18FN3O3. The summed E-state index contributed by atoms with van der Waals surface area (Å²) in [7, 11) is 0. The molecule has 0 atom stereocenters. The molecule has 0 spiro atoms. The molecule has 2 N–H and O–H groups in total. The quantitative estimate of drug-likeness (QED) is 0.539. The maximum absolute atomic E-state index is 13.4. The minimum absolute atomic E-state index is 0.162. The molecule has 0 saturated carbocycles. The molecule has 0 radical (unpaired) electrons. The molecule has 0 aliphatic heterocycles. The van der Waals surface area contributed by atoms with Crippen molar-refractivity contribution < 1.29 is 14.3 Å². The van der Waals surface area contributed by atoms with Crippen molar-refractivity contribution in [3.8, 4) is 11.4 Å². The lowest BCUT2D eigenvalue weighted by atomic mass is 10.1. The molecule has 0 bridgehead atoms. The maximum Gasteiger partial charge on any atom is 0.273 e. The number of nitrogens with zero attached hydrogens (tertiary/aromatic N) is 2. The summed E-state index contributed by atoms with van der Waals surface area (Å²) in [6, 6.07) is 13.9. The summed E-state index contributed by atoms with van der Waals surface area (Å²) < 4.78 is 14.6. The molecule has 2 aromatic heterocycles. The number of pyridine rings is 2. The Bertz CT molecular complexity index is 1340. The third-order valence-corrected chi connectivity index (χ3v) is 4.85. The fraction of sp³-hybridized carbons (Fsp3) is 0.0870. The number of amides is 1. The fourth-order valence-corrected chi connectivity index (χ4v) is 3.38. The molecule has 150 valence electrons. The van der Waals surface area contributed by atoms with E-state index >= 15 is 0 Å². The first kappa shape index (κ1) is 19.3. The van der Waals surface area contributed by atoms with Crippen molar-refractivity contribution in [2.24, 2.45) is 0 Å². The van der Waals surface area contributed by atoms with Crippen LogP contribution in [0, 0.1) is 19.7 Å². The van der Waals surface area contributed by atoms with Gasteiger partial charge in [-0.15, -0.1) is 0 Å². The Morgan fingerprint density at radius 1 is 1.10 bits per heavy atom. The summed E-state index contributed by atoms with van der Waals surface area (Å²) >= 11 is 0. The van der Waals surface area contributed by atoms with E-state index in [9.17, 15) is 19.1 Å². The van der Waals surface area contributed by atoms with E-state index in [-0.39, 0.29) is 11.0 Å². The van der Waals surface area contributed by atoms with Crippen LogP contribution in [0.3, 0.4) is 0 Å². The van der Waals surface area contributed by atoms with E-state index in [1.807, 2.05) is 26.0 Å². The Morgan fingerprint density at radius 3 is 2.53 bits per heavy atom. The lowest BCUT2D eigenvalue weighted by molar-refractivity contribution is 0.102. The van der Waals surface area contributed by atoms with Gasteiger partial charge in [-0.2, -0.15) is 0 Å². The fourth-order valence-electron chi connectivity index (χ4n) is 3.38. The van der Waals surface area contributed by atoms with E-state index in [1.165, 1.54) is 35.0 Å². The normalized spacial score (nSPS) is 10.9. The molecule has 4 rings (SSSR count). The highest BCUT2D eigenvalue weighted by Crippen LogP contribution is 2.28. The van der Waals surface area contributed by atoms with Gasteiger partial charge in [0.25, 0.3) is 11.5 Å². The topological polar surface area (TPSA) is 84.2 Å². The van der Waals surface area contributed by atoms with Crippen LogP contribution >= 0.6 is 0 Å². The number of aryl methyl sites for hydroxylation is 2. The van der Waals surface area contributed by atoms with Crippen molar-refractivity contribution in [2.75, 3.05) is 5.32 Å². The lowest BCUT2D eigenvalue weighted by Crippen LogP contribution is -2.29. The van der Waals surface area contributed by atoms with E-state index in [4.69, 9.17) is 0 Å². The van der Waals surface area contributed by atoms with Crippen LogP contribution in [-0.4, -0.2) is 20.6 Å². The minimum Gasteiger partial charge on any atom is -0.506 e. The molecule has 2 heterocycles. The Morgan fingerprint density at radius 2 is 1.83 bits per heavy atom. The van der Waals surface area contributed by atoms with Crippen LogP contribution in [0.2, 0.25) is 0 Å². The number of aromatic nitrogens is 2.